The lowest BCUT2D eigenvalue weighted by molar-refractivity contribution is 0.230. The summed E-state index contributed by atoms with van der Waals surface area (Å²) in [5.74, 6) is 0.570. The Morgan fingerprint density at radius 1 is 1.36 bits per heavy atom. The van der Waals surface area contributed by atoms with Crippen LogP contribution in [0.2, 0.25) is 0 Å². The van der Waals surface area contributed by atoms with E-state index in [1.807, 2.05) is 12.1 Å². The maximum atomic E-state index is 12.4. The molecular weight excluding hydrogens is 276 g/mol. The maximum absolute atomic E-state index is 12.4. The molecule has 2 heterocycles. The molecule has 1 aliphatic carbocycles. The Morgan fingerprint density at radius 2 is 2.27 bits per heavy atom. The van der Waals surface area contributed by atoms with Gasteiger partial charge in [-0.25, -0.2) is 4.79 Å². The highest BCUT2D eigenvalue weighted by Gasteiger charge is 2.40. The van der Waals surface area contributed by atoms with Gasteiger partial charge >= 0.3 is 6.03 Å². The Morgan fingerprint density at radius 3 is 3.00 bits per heavy atom. The summed E-state index contributed by atoms with van der Waals surface area (Å²) in [5, 5.41) is 10.8. The summed E-state index contributed by atoms with van der Waals surface area (Å²) in [6.45, 7) is 3.08. The van der Waals surface area contributed by atoms with Crippen molar-refractivity contribution in [3.05, 3.63) is 42.2 Å². The first-order chi connectivity index (χ1) is 10.7. The predicted octanol–water partition coefficient (Wildman–Crippen LogP) is 2.17. The third kappa shape index (κ3) is 2.41. The Balaban J connectivity index is 1.48. The van der Waals surface area contributed by atoms with Crippen molar-refractivity contribution >= 4 is 6.03 Å². The van der Waals surface area contributed by atoms with Crippen molar-refractivity contribution in [3.63, 3.8) is 0 Å². The van der Waals surface area contributed by atoms with E-state index in [1.165, 1.54) is 16.7 Å². The minimum atomic E-state index is -0.128. The number of benzene rings is 1. The Hall–Kier alpha value is -2.14. The summed E-state index contributed by atoms with van der Waals surface area (Å²) in [5.41, 5.74) is 3.25. The summed E-state index contributed by atoms with van der Waals surface area (Å²) >= 11 is 0. The van der Waals surface area contributed by atoms with Gasteiger partial charge in [0.1, 0.15) is 0 Å². The fourth-order valence-corrected chi connectivity index (χ4v) is 3.64. The zero-order valence-corrected chi connectivity index (χ0v) is 12.6. The number of fused-ring (bicyclic) bond motifs is 2. The van der Waals surface area contributed by atoms with E-state index >= 15 is 0 Å². The number of amides is 1. The standard InChI is InChI=1S/C17H20N4O/c1-11-3-2-4-12(5-11)14-9-19-21(10-14)17(22)20-16-7-15-6-13(16)8-18-15/h2-5,9-10,13,15-16,18H,6-8H2,1H3,(H,20,22). The highest BCUT2D eigenvalue weighted by atomic mass is 16.2. The van der Waals surface area contributed by atoms with Crippen molar-refractivity contribution in [1.82, 2.24) is 20.4 Å². The molecule has 5 heteroatoms. The number of hydrogen-bond donors (Lipinski definition) is 2. The van der Waals surface area contributed by atoms with Crippen LogP contribution in [0.15, 0.2) is 36.7 Å². The van der Waals surface area contributed by atoms with Crippen LogP contribution < -0.4 is 10.6 Å². The zero-order chi connectivity index (χ0) is 15.1. The number of hydrogen-bond acceptors (Lipinski definition) is 3. The van der Waals surface area contributed by atoms with Crippen molar-refractivity contribution < 1.29 is 4.79 Å². The molecule has 2 bridgehead atoms. The number of nitrogens with zero attached hydrogens (tertiary/aromatic N) is 2. The van der Waals surface area contributed by atoms with E-state index in [9.17, 15) is 4.79 Å². The number of carbonyl (C=O) groups is 1. The van der Waals surface area contributed by atoms with Gasteiger partial charge in [-0.1, -0.05) is 29.8 Å². The predicted molar refractivity (Wildman–Crippen MR) is 84.6 cm³/mol. The Kier molecular flexibility index (Phi) is 3.22. The van der Waals surface area contributed by atoms with Crippen LogP contribution in [0.3, 0.4) is 0 Å². The van der Waals surface area contributed by atoms with E-state index in [0.29, 0.717) is 12.0 Å². The Bertz CT molecular complexity index is 708. The maximum Gasteiger partial charge on any atom is 0.342 e. The molecular formula is C17H20N4O. The first-order valence-electron chi connectivity index (χ1n) is 7.85. The number of aryl methyl sites for hydroxylation is 1. The second-order valence-corrected chi connectivity index (χ2v) is 6.44. The lowest BCUT2D eigenvalue weighted by Crippen LogP contribution is -2.45. The summed E-state index contributed by atoms with van der Waals surface area (Å²) < 4.78 is 1.41. The monoisotopic (exact) mass is 296 g/mol. The minimum absolute atomic E-state index is 0.128. The normalized spacial score (nSPS) is 26.3. The first kappa shape index (κ1) is 13.5. The molecule has 2 aliphatic rings. The summed E-state index contributed by atoms with van der Waals surface area (Å²) in [7, 11) is 0. The molecule has 114 valence electrons. The highest BCUT2D eigenvalue weighted by Crippen LogP contribution is 2.31. The largest absolute Gasteiger partial charge is 0.342 e. The second-order valence-electron chi connectivity index (χ2n) is 6.44. The van der Waals surface area contributed by atoms with Gasteiger partial charge in [-0.15, -0.1) is 0 Å². The number of carbonyl (C=O) groups excluding carboxylic acids is 1. The molecule has 1 aliphatic heterocycles. The van der Waals surface area contributed by atoms with Crippen LogP contribution in [0.5, 0.6) is 0 Å². The molecule has 5 nitrogen and oxygen atoms in total. The molecule has 0 spiro atoms. The van der Waals surface area contributed by atoms with Crippen LogP contribution in [0.1, 0.15) is 18.4 Å². The average molecular weight is 296 g/mol. The third-order valence-electron chi connectivity index (χ3n) is 4.81. The van der Waals surface area contributed by atoms with Gasteiger partial charge in [0, 0.05) is 30.4 Å². The van der Waals surface area contributed by atoms with Gasteiger partial charge in [0.15, 0.2) is 0 Å². The van der Waals surface area contributed by atoms with Crippen molar-refractivity contribution in [2.75, 3.05) is 6.54 Å². The van der Waals surface area contributed by atoms with E-state index in [1.54, 1.807) is 12.4 Å². The van der Waals surface area contributed by atoms with Gasteiger partial charge in [0.2, 0.25) is 0 Å². The molecule has 22 heavy (non-hydrogen) atoms. The SMILES string of the molecule is Cc1cccc(-c2cnn(C(=O)NC3CC4CC3CN4)c2)c1. The van der Waals surface area contributed by atoms with Crippen molar-refractivity contribution in [2.45, 2.75) is 31.8 Å². The van der Waals surface area contributed by atoms with E-state index < -0.39 is 0 Å². The Labute approximate surface area is 129 Å². The summed E-state index contributed by atoms with van der Waals surface area (Å²) in [4.78, 5) is 12.4. The van der Waals surface area contributed by atoms with Crippen LogP contribution in [0, 0.1) is 12.8 Å². The summed E-state index contributed by atoms with van der Waals surface area (Å²) in [6, 6.07) is 8.95. The molecule has 1 aromatic carbocycles. The number of nitrogens with one attached hydrogen (secondary N) is 2. The summed E-state index contributed by atoms with van der Waals surface area (Å²) in [6.07, 6.45) is 5.76. The van der Waals surface area contributed by atoms with Crippen LogP contribution in [-0.4, -0.2) is 34.4 Å². The van der Waals surface area contributed by atoms with Crippen LogP contribution in [-0.2, 0) is 0 Å². The van der Waals surface area contributed by atoms with Gasteiger partial charge in [-0.3, -0.25) is 0 Å². The number of aromatic nitrogens is 2. The average Bonchev–Trinajstić information content (AvgIpc) is 3.23. The van der Waals surface area contributed by atoms with E-state index in [4.69, 9.17) is 0 Å². The lowest BCUT2D eigenvalue weighted by Gasteiger charge is -2.23. The molecule has 2 N–H and O–H groups in total. The molecule has 4 rings (SSSR count). The van der Waals surface area contributed by atoms with Crippen LogP contribution >= 0.6 is 0 Å². The van der Waals surface area contributed by atoms with Gasteiger partial charge in [0.05, 0.1) is 6.20 Å². The molecule has 2 aromatic rings. The molecule has 2 fully saturated rings. The van der Waals surface area contributed by atoms with Crippen molar-refractivity contribution in [1.29, 1.82) is 0 Å². The molecule has 1 saturated heterocycles. The van der Waals surface area contributed by atoms with E-state index in [0.717, 1.165) is 24.1 Å². The quantitative estimate of drug-likeness (QED) is 0.893. The molecule has 1 amide bonds. The second kappa shape index (κ2) is 5.25. The fourth-order valence-electron chi connectivity index (χ4n) is 3.64. The zero-order valence-electron chi connectivity index (χ0n) is 12.6. The molecule has 3 unspecified atom stereocenters. The van der Waals surface area contributed by atoms with Crippen LogP contribution in [0.4, 0.5) is 4.79 Å². The molecule has 1 aromatic heterocycles. The third-order valence-corrected chi connectivity index (χ3v) is 4.81. The number of rotatable bonds is 2. The molecule has 0 radical (unpaired) electrons. The van der Waals surface area contributed by atoms with Crippen molar-refractivity contribution in [3.8, 4) is 11.1 Å². The van der Waals surface area contributed by atoms with Gasteiger partial charge in [-0.05, 0) is 31.2 Å². The first-order valence-corrected chi connectivity index (χ1v) is 7.85. The number of piperidine rings is 1. The lowest BCUT2D eigenvalue weighted by atomic mass is 10.0. The van der Waals surface area contributed by atoms with E-state index in [2.05, 4.69) is 34.8 Å². The van der Waals surface area contributed by atoms with Gasteiger partial charge in [-0.2, -0.15) is 9.78 Å². The fraction of sp³-hybridized carbons (Fsp3) is 0.412. The van der Waals surface area contributed by atoms with Crippen LogP contribution in [0.25, 0.3) is 11.1 Å². The van der Waals surface area contributed by atoms with E-state index in [-0.39, 0.29) is 12.1 Å². The topological polar surface area (TPSA) is 59.0 Å². The highest BCUT2D eigenvalue weighted by molar-refractivity contribution is 5.78. The molecule has 1 saturated carbocycles. The van der Waals surface area contributed by atoms with Crippen molar-refractivity contribution in [2.24, 2.45) is 5.92 Å². The van der Waals surface area contributed by atoms with Gasteiger partial charge < -0.3 is 10.6 Å². The minimum Gasteiger partial charge on any atom is -0.333 e. The van der Waals surface area contributed by atoms with Gasteiger partial charge in [0.25, 0.3) is 0 Å². The smallest absolute Gasteiger partial charge is 0.333 e. The molecule has 3 atom stereocenters.